The van der Waals surface area contributed by atoms with Gasteiger partial charge in [0.15, 0.2) is 0 Å². The predicted octanol–water partition coefficient (Wildman–Crippen LogP) is 3.44. The van der Waals surface area contributed by atoms with Crippen LogP contribution in [0.15, 0.2) is 48.5 Å². The van der Waals surface area contributed by atoms with E-state index in [1.54, 1.807) is 0 Å². The number of nitrogens with one attached hydrogen (secondary N) is 3. The van der Waals surface area contributed by atoms with Gasteiger partial charge in [-0.1, -0.05) is 30.3 Å². The molecule has 0 unspecified atom stereocenters. The van der Waals surface area contributed by atoms with Crippen LogP contribution in [0.5, 0.6) is 0 Å². The van der Waals surface area contributed by atoms with Crippen molar-refractivity contribution in [2.75, 3.05) is 19.6 Å². The van der Waals surface area contributed by atoms with Gasteiger partial charge in [0.25, 0.3) is 5.91 Å². The molecule has 1 saturated carbocycles. The van der Waals surface area contributed by atoms with Crippen LogP contribution in [0.4, 0.5) is 13.2 Å². The molecule has 0 bridgehead atoms. The Labute approximate surface area is 214 Å². The molecule has 0 spiro atoms. The van der Waals surface area contributed by atoms with Gasteiger partial charge in [0.2, 0.25) is 5.91 Å². The molecule has 2 aliphatic rings. The van der Waals surface area contributed by atoms with Gasteiger partial charge >= 0.3 is 6.18 Å². The lowest BCUT2D eigenvalue weighted by Gasteiger charge is -2.46. The van der Waals surface area contributed by atoms with E-state index in [0.717, 1.165) is 56.5 Å². The zero-order chi connectivity index (χ0) is 26.6. The van der Waals surface area contributed by atoms with Gasteiger partial charge in [-0.05, 0) is 60.9 Å². The molecule has 0 atom stereocenters. The number of nitrogens with zero attached hydrogens (tertiary/aromatic N) is 1. The van der Waals surface area contributed by atoms with Crippen LogP contribution in [-0.4, -0.2) is 54.3 Å². The zero-order valence-corrected chi connectivity index (χ0v) is 20.5. The summed E-state index contributed by atoms with van der Waals surface area (Å²) < 4.78 is 38.5. The van der Waals surface area contributed by atoms with Crippen LogP contribution in [0, 0.1) is 5.41 Å². The number of hydrogen-bond donors (Lipinski definition) is 4. The van der Waals surface area contributed by atoms with Crippen LogP contribution in [0.25, 0.3) is 0 Å². The van der Waals surface area contributed by atoms with Crippen molar-refractivity contribution < 1.29 is 22.8 Å². The summed E-state index contributed by atoms with van der Waals surface area (Å²) in [6.07, 6.45) is 0.326. The summed E-state index contributed by atoms with van der Waals surface area (Å²) in [6.45, 7) is 1.21. The highest BCUT2D eigenvalue weighted by Gasteiger charge is 2.35. The molecule has 5 N–H and O–H groups in total. The number of amides is 2. The normalized spacial score (nSPS) is 20.6. The summed E-state index contributed by atoms with van der Waals surface area (Å²) >= 11 is 0. The first-order valence-electron chi connectivity index (χ1n) is 12.5. The Kier molecular flexibility index (Phi) is 8.16. The number of nitrogens with two attached hydrogens (primary N) is 1. The van der Waals surface area contributed by atoms with Crippen LogP contribution < -0.4 is 16.4 Å². The third-order valence-electron chi connectivity index (χ3n) is 7.20. The van der Waals surface area contributed by atoms with Gasteiger partial charge in [-0.15, -0.1) is 0 Å². The monoisotopic (exact) mass is 515 g/mol. The highest BCUT2D eigenvalue weighted by molar-refractivity contribution is 5.96. The van der Waals surface area contributed by atoms with E-state index in [1.165, 1.54) is 17.7 Å². The molecule has 7 nitrogen and oxygen atoms in total. The van der Waals surface area contributed by atoms with Crippen molar-refractivity contribution in [3.63, 3.8) is 0 Å². The molecule has 198 valence electrons. The van der Waals surface area contributed by atoms with Crippen molar-refractivity contribution in [1.82, 2.24) is 15.5 Å². The Hall–Kier alpha value is -3.40. The summed E-state index contributed by atoms with van der Waals surface area (Å²) in [5.74, 6) is -0.388. The fourth-order valence-corrected chi connectivity index (χ4v) is 5.18. The summed E-state index contributed by atoms with van der Waals surface area (Å²) in [5.41, 5.74) is 6.81. The van der Waals surface area contributed by atoms with Crippen LogP contribution in [-0.2, 0) is 17.4 Å². The van der Waals surface area contributed by atoms with Gasteiger partial charge in [0.05, 0.1) is 24.0 Å². The minimum atomic E-state index is -4.54. The standard InChI is InChI=1S/C27H32F3N5O2/c28-27(29,30)21-3-1-2-20(13-21)26(37)33-14-25(36)34-22-15-35(16-22)23-10-8-19(9-11-23)18-6-4-17(5-7-18)12-24(31)32/h1-7,13,19,22-23H,8-12,14-16H2,(H3,31,32)(H,33,37)(H,34,36). The largest absolute Gasteiger partial charge is 0.416 e. The third-order valence-corrected chi connectivity index (χ3v) is 7.20. The molecule has 2 fully saturated rings. The Morgan fingerprint density at radius 1 is 1.03 bits per heavy atom. The lowest BCUT2D eigenvalue weighted by atomic mass is 9.80. The molecule has 1 aliphatic carbocycles. The number of carbonyl (C=O) groups excluding carboxylic acids is 2. The molecule has 10 heteroatoms. The summed E-state index contributed by atoms with van der Waals surface area (Å²) in [7, 11) is 0. The van der Waals surface area contributed by atoms with E-state index in [-0.39, 0.29) is 29.9 Å². The van der Waals surface area contributed by atoms with Gasteiger partial charge in [-0.3, -0.25) is 19.9 Å². The lowest BCUT2D eigenvalue weighted by Crippen LogP contribution is -2.63. The molecule has 4 rings (SSSR count). The van der Waals surface area contributed by atoms with E-state index < -0.39 is 17.6 Å². The molecule has 1 aliphatic heterocycles. The number of halogens is 3. The average molecular weight is 516 g/mol. The average Bonchev–Trinajstić information content (AvgIpc) is 2.84. The van der Waals surface area contributed by atoms with E-state index in [0.29, 0.717) is 18.4 Å². The second-order valence-electron chi connectivity index (χ2n) is 9.93. The zero-order valence-electron chi connectivity index (χ0n) is 20.5. The maximum absolute atomic E-state index is 12.8. The van der Waals surface area contributed by atoms with Crippen molar-refractivity contribution >= 4 is 17.6 Å². The van der Waals surface area contributed by atoms with Crippen LogP contribution in [0.2, 0.25) is 0 Å². The number of benzene rings is 2. The Balaban J connectivity index is 1.15. The molecule has 37 heavy (non-hydrogen) atoms. The highest BCUT2D eigenvalue weighted by Crippen LogP contribution is 2.36. The van der Waals surface area contributed by atoms with Crippen molar-refractivity contribution in [3.8, 4) is 0 Å². The number of likely N-dealkylation sites (tertiary alicyclic amines) is 1. The number of carbonyl (C=O) groups is 2. The van der Waals surface area contributed by atoms with Crippen molar-refractivity contribution in [2.45, 2.75) is 56.3 Å². The predicted molar refractivity (Wildman–Crippen MR) is 134 cm³/mol. The van der Waals surface area contributed by atoms with E-state index in [9.17, 15) is 22.8 Å². The van der Waals surface area contributed by atoms with Crippen molar-refractivity contribution in [1.29, 1.82) is 5.41 Å². The quantitative estimate of drug-likeness (QED) is 0.319. The molecule has 0 radical (unpaired) electrons. The highest BCUT2D eigenvalue weighted by atomic mass is 19.4. The van der Waals surface area contributed by atoms with E-state index in [4.69, 9.17) is 11.1 Å². The second-order valence-corrected chi connectivity index (χ2v) is 9.93. The van der Waals surface area contributed by atoms with Gasteiger partial charge < -0.3 is 16.4 Å². The minimum absolute atomic E-state index is 0.00417. The number of alkyl halides is 3. The van der Waals surface area contributed by atoms with Gasteiger partial charge in [0.1, 0.15) is 0 Å². The molecular weight excluding hydrogens is 483 g/mol. The first-order valence-corrected chi connectivity index (χ1v) is 12.5. The number of rotatable bonds is 8. The van der Waals surface area contributed by atoms with Gasteiger partial charge in [-0.2, -0.15) is 13.2 Å². The van der Waals surface area contributed by atoms with Crippen LogP contribution in [0.3, 0.4) is 0 Å². The van der Waals surface area contributed by atoms with E-state index in [1.807, 2.05) is 12.1 Å². The number of hydrogen-bond acceptors (Lipinski definition) is 4. The van der Waals surface area contributed by atoms with Crippen LogP contribution in [0.1, 0.15) is 58.6 Å². The van der Waals surface area contributed by atoms with Gasteiger partial charge in [0, 0.05) is 31.1 Å². The first kappa shape index (κ1) is 26.7. The smallest absolute Gasteiger partial charge is 0.387 e. The van der Waals surface area contributed by atoms with E-state index >= 15 is 0 Å². The molecule has 0 aromatic heterocycles. The Morgan fingerprint density at radius 2 is 1.70 bits per heavy atom. The van der Waals surface area contributed by atoms with Gasteiger partial charge in [-0.25, -0.2) is 0 Å². The first-order chi connectivity index (χ1) is 17.6. The van der Waals surface area contributed by atoms with Crippen molar-refractivity contribution in [2.24, 2.45) is 5.73 Å². The minimum Gasteiger partial charge on any atom is -0.387 e. The van der Waals surface area contributed by atoms with Crippen molar-refractivity contribution in [3.05, 3.63) is 70.8 Å². The summed E-state index contributed by atoms with van der Waals surface area (Å²) in [4.78, 5) is 26.8. The summed E-state index contributed by atoms with van der Waals surface area (Å²) in [6, 6.07) is 13.0. The maximum Gasteiger partial charge on any atom is 0.416 e. The van der Waals surface area contributed by atoms with E-state index in [2.05, 4.69) is 27.7 Å². The van der Waals surface area contributed by atoms with Crippen LogP contribution >= 0.6 is 0 Å². The third kappa shape index (κ3) is 7.09. The molecule has 2 aromatic carbocycles. The molecule has 2 aromatic rings. The lowest BCUT2D eigenvalue weighted by molar-refractivity contribution is -0.137. The molecule has 2 amide bonds. The summed E-state index contributed by atoms with van der Waals surface area (Å²) in [5, 5.41) is 12.7. The topological polar surface area (TPSA) is 111 Å². The Bertz CT molecular complexity index is 1120. The molecular formula is C27H32F3N5O2. The molecule has 1 heterocycles. The molecule has 1 saturated heterocycles. The number of amidine groups is 1. The SMILES string of the molecule is N=C(N)Cc1ccc(C2CCC(N3CC(NC(=O)CNC(=O)c4cccc(C(F)(F)F)c4)C3)CC2)cc1. The fraction of sp³-hybridized carbons (Fsp3) is 0.444. The maximum atomic E-state index is 12.8. The Morgan fingerprint density at radius 3 is 2.32 bits per heavy atom. The second kappa shape index (κ2) is 11.3. The fourth-order valence-electron chi connectivity index (χ4n) is 5.18.